The quantitative estimate of drug-likeness (QED) is 0.492. The Morgan fingerprint density at radius 3 is 2.65 bits per heavy atom. The SMILES string of the molecule is COc1ccc(C=NCC(=O)c2cc(-c3ccc(Cl)cc3Cl)n[nH]2)cc1. The van der Waals surface area contributed by atoms with E-state index in [2.05, 4.69) is 15.2 Å². The van der Waals surface area contributed by atoms with Gasteiger partial charge >= 0.3 is 0 Å². The first-order valence-electron chi connectivity index (χ1n) is 7.75. The summed E-state index contributed by atoms with van der Waals surface area (Å²) in [6, 6.07) is 14.2. The molecule has 0 spiro atoms. The minimum absolute atomic E-state index is 0.0159. The number of hydrogen-bond donors (Lipinski definition) is 1. The lowest BCUT2D eigenvalue weighted by Crippen LogP contribution is -2.04. The van der Waals surface area contributed by atoms with E-state index >= 15 is 0 Å². The van der Waals surface area contributed by atoms with Crippen LogP contribution in [0.4, 0.5) is 0 Å². The van der Waals surface area contributed by atoms with E-state index in [1.165, 1.54) is 0 Å². The van der Waals surface area contributed by atoms with Crippen LogP contribution in [0.15, 0.2) is 53.5 Å². The molecule has 5 nitrogen and oxygen atoms in total. The van der Waals surface area contributed by atoms with Gasteiger partial charge in [0.25, 0.3) is 0 Å². The molecule has 1 aromatic heterocycles. The van der Waals surface area contributed by atoms with Gasteiger partial charge in [0.05, 0.1) is 17.8 Å². The smallest absolute Gasteiger partial charge is 0.201 e. The number of halogens is 2. The van der Waals surface area contributed by atoms with E-state index in [0.29, 0.717) is 27.0 Å². The fraction of sp³-hybridized carbons (Fsp3) is 0.105. The average molecular weight is 388 g/mol. The molecule has 0 amide bonds. The predicted octanol–water partition coefficient (Wildman–Crippen LogP) is 4.69. The van der Waals surface area contributed by atoms with Crippen molar-refractivity contribution in [3.63, 3.8) is 0 Å². The molecular weight excluding hydrogens is 373 g/mol. The molecule has 3 rings (SSSR count). The molecule has 0 saturated carbocycles. The molecule has 0 radical (unpaired) electrons. The molecule has 0 bridgehead atoms. The molecule has 1 N–H and O–H groups in total. The van der Waals surface area contributed by atoms with Crippen molar-refractivity contribution in [3.05, 3.63) is 69.8 Å². The minimum Gasteiger partial charge on any atom is -0.497 e. The number of nitrogens with zero attached hydrogens (tertiary/aromatic N) is 2. The molecule has 7 heteroatoms. The van der Waals surface area contributed by atoms with Crippen LogP contribution in [0.5, 0.6) is 5.75 Å². The second-order valence-electron chi connectivity index (χ2n) is 5.46. The third-order valence-electron chi connectivity index (χ3n) is 3.68. The Hall–Kier alpha value is -2.63. The Bertz CT molecular complexity index is 950. The van der Waals surface area contributed by atoms with Gasteiger partial charge in [-0.3, -0.25) is 14.9 Å². The van der Waals surface area contributed by atoms with Crippen LogP contribution in [0.3, 0.4) is 0 Å². The molecule has 0 fully saturated rings. The number of carbonyl (C=O) groups excluding carboxylic acids is 1. The fourth-order valence-electron chi connectivity index (χ4n) is 2.31. The van der Waals surface area contributed by atoms with Crippen LogP contribution in [-0.2, 0) is 0 Å². The van der Waals surface area contributed by atoms with E-state index in [-0.39, 0.29) is 12.3 Å². The first kappa shape index (κ1) is 18.2. The molecule has 0 aliphatic heterocycles. The monoisotopic (exact) mass is 387 g/mol. The summed E-state index contributed by atoms with van der Waals surface area (Å²) in [5.41, 5.74) is 2.54. The zero-order valence-electron chi connectivity index (χ0n) is 13.9. The molecule has 0 unspecified atom stereocenters. The van der Waals surface area contributed by atoms with Crippen LogP contribution in [0, 0.1) is 0 Å². The normalized spacial score (nSPS) is 11.0. The summed E-state index contributed by atoms with van der Waals surface area (Å²) in [5.74, 6) is 0.600. The molecule has 0 aliphatic rings. The highest BCUT2D eigenvalue weighted by Gasteiger charge is 2.12. The maximum atomic E-state index is 12.3. The lowest BCUT2D eigenvalue weighted by atomic mass is 10.1. The highest BCUT2D eigenvalue weighted by Crippen LogP contribution is 2.29. The van der Waals surface area contributed by atoms with Crippen LogP contribution in [0.25, 0.3) is 11.3 Å². The topological polar surface area (TPSA) is 67.3 Å². The van der Waals surface area contributed by atoms with E-state index in [4.69, 9.17) is 27.9 Å². The molecule has 0 aliphatic carbocycles. The number of rotatable bonds is 6. The zero-order valence-corrected chi connectivity index (χ0v) is 15.4. The fourth-order valence-corrected chi connectivity index (χ4v) is 2.81. The van der Waals surface area contributed by atoms with E-state index < -0.39 is 0 Å². The molecule has 0 saturated heterocycles. The molecule has 1 heterocycles. The van der Waals surface area contributed by atoms with Crippen molar-refractivity contribution in [1.29, 1.82) is 0 Å². The van der Waals surface area contributed by atoms with Crippen LogP contribution in [-0.4, -0.2) is 35.8 Å². The van der Waals surface area contributed by atoms with Crippen molar-refractivity contribution in [3.8, 4) is 17.0 Å². The summed E-state index contributed by atoms with van der Waals surface area (Å²) >= 11 is 12.1. The number of methoxy groups -OCH3 is 1. The van der Waals surface area contributed by atoms with Gasteiger partial charge in [0.2, 0.25) is 5.78 Å². The van der Waals surface area contributed by atoms with Crippen LogP contribution in [0.2, 0.25) is 10.0 Å². The lowest BCUT2D eigenvalue weighted by Gasteiger charge is -2.00. The molecule has 132 valence electrons. The van der Waals surface area contributed by atoms with Gasteiger partial charge in [-0.2, -0.15) is 5.10 Å². The third-order valence-corrected chi connectivity index (χ3v) is 4.22. The highest BCUT2D eigenvalue weighted by molar-refractivity contribution is 6.36. The number of carbonyl (C=O) groups is 1. The average Bonchev–Trinajstić information content (AvgIpc) is 3.12. The second-order valence-corrected chi connectivity index (χ2v) is 6.30. The van der Waals surface area contributed by atoms with E-state index in [1.54, 1.807) is 37.6 Å². The Balaban J connectivity index is 1.67. The maximum Gasteiger partial charge on any atom is 0.201 e. The Labute approximate surface area is 160 Å². The van der Waals surface area contributed by atoms with Gasteiger partial charge in [-0.25, -0.2) is 0 Å². The number of ether oxygens (including phenoxy) is 1. The molecule has 26 heavy (non-hydrogen) atoms. The van der Waals surface area contributed by atoms with Gasteiger partial charge in [0, 0.05) is 16.8 Å². The van der Waals surface area contributed by atoms with Crippen molar-refractivity contribution in [2.75, 3.05) is 13.7 Å². The number of benzene rings is 2. The maximum absolute atomic E-state index is 12.3. The van der Waals surface area contributed by atoms with Gasteiger partial charge in [-0.15, -0.1) is 0 Å². The van der Waals surface area contributed by atoms with Crippen molar-refractivity contribution in [1.82, 2.24) is 10.2 Å². The van der Waals surface area contributed by atoms with Gasteiger partial charge in [-0.1, -0.05) is 23.2 Å². The summed E-state index contributed by atoms with van der Waals surface area (Å²) in [6.07, 6.45) is 1.64. The number of aliphatic imine (C=N–C) groups is 1. The Morgan fingerprint density at radius 2 is 1.96 bits per heavy atom. The molecular formula is C19H15Cl2N3O2. The molecule has 0 atom stereocenters. The van der Waals surface area contributed by atoms with Crippen LogP contribution < -0.4 is 4.74 Å². The first-order valence-corrected chi connectivity index (χ1v) is 8.50. The third kappa shape index (κ3) is 4.31. The number of nitrogens with one attached hydrogen (secondary N) is 1. The summed E-state index contributed by atoms with van der Waals surface area (Å²) < 4.78 is 5.10. The van der Waals surface area contributed by atoms with Gasteiger partial charge in [-0.05, 0) is 54.1 Å². The van der Waals surface area contributed by atoms with E-state index in [9.17, 15) is 4.79 Å². The van der Waals surface area contributed by atoms with Crippen molar-refractivity contribution in [2.45, 2.75) is 0 Å². The summed E-state index contributed by atoms with van der Waals surface area (Å²) in [5, 5.41) is 7.89. The summed E-state index contributed by atoms with van der Waals surface area (Å²) in [7, 11) is 1.61. The number of aromatic nitrogens is 2. The predicted molar refractivity (Wildman–Crippen MR) is 104 cm³/mol. The molecule has 3 aromatic rings. The minimum atomic E-state index is -0.168. The van der Waals surface area contributed by atoms with Crippen LogP contribution >= 0.6 is 23.2 Å². The number of hydrogen-bond acceptors (Lipinski definition) is 4. The largest absolute Gasteiger partial charge is 0.497 e. The summed E-state index contributed by atoms with van der Waals surface area (Å²) in [4.78, 5) is 16.4. The van der Waals surface area contributed by atoms with E-state index in [0.717, 1.165) is 11.3 Å². The molecule has 2 aromatic carbocycles. The highest BCUT2D eigenvalue weighted by atomic mass is 35.5. The number of aromatic amines is 1. The standard InChI is InChI=1S/C19H15Cl2N3O2/c1-26-14-5-2-12(3-6-14)10-22-11-19(25)18-9-17(23-24-18)15-7-4-13(20)8-16(15)21/h2-10H,11H2,1H3,(H,23,24). The second kappa shape index (κ2) is 8.17. The zero-order chi connectivity index (χ0) is 18.5. The van der Waals surface area contributed by atoms with Gasteiger partial charge < -0.3 is 4.74 Å². The Kier molecular flexibility index (Phi) is 5.71. The lowest BCUT2D eigenvalue weighted by molar-refractivity contribution is 0.0997. The number of Topliss-reactive ketones (excluding diaryl/α,β-unsaturated/α-hetero) is 1. The first-order chi connectivity index (χ1) is 12.6. The van der Waals surface area contributed by atoms with E-state index in [1.807, 2.05) is 24.3 Å². The van der Waals surface area contributed by atoms with Gasteiger partial charge in [0.1, 0.15) is 18.0 Å². The van der Waals surface area contributed by atoms with Crippen LogP contribution in [0.1, 0.15) is 16.1 Å². The number of ketones is 1. The summed E-state index contributed by atoms with van der Waals surface area (Å²) in [6.45, 7) is 0.0159. The van der Waals surface area contributed by atoms with Gasteiger partial charge in [0.15, 0.2) is 0 Å². The van der Waals surface area contributed by atoms with Crippen molar-refractivity contribution < 1.29 is 9.53 Å². The van der Waals surface area contributed by atoms with Crippen molar-refractivity contribution >= 4 is 35.2 Å². The van der Waals surface area contributed by atoms with Crippen molar-refractivity contribution in [2.24, 2.45) is 4.99 Å². The number of H-pyrrole nitrogens is 1. The Morgan fingerprint density at radius 1 is 1.19 bits per heavy atom.